The summed E-state index contributed by atoms with van der Waals surface area (Å²) in [6.45, 7) is 0.806. The van der Waals surface area contributed by atoms with Gasteiger partial charge in [-0.15, -0.1) is 0 Å². The van der Waals surface area contributed by atoms with Gasteiger partial charge in [0.05, 0.1) is 31.5 Å². The number of amides is 3. The summed E-state index contributed by atoms with van der Waals surface area (Å²) in [6.07, 6.45) is 0.142. The predicted molar refractivity (Wildman–Crippen MR) is 133 cm³/mol. The second-order valence-corrected chi connectivity index (χ2v) is 8.22. The number of hydrogen-bond acceptors (Lipinski definition) is 5. The van der Waals surface area contributed by atoms with E-state index in [0.717, 1.165) is 5.56 Å². The van der Waals surface area contributed by atoms with E-state index in [4.69, 9.17) is 9.47 Å². The van der Waals surface area contributed by atoms with Gasteiger partial charge in [-0.3, -0.25) is 14.4 Å². The number of rotatable bonds is 8. The maximum Gasteiger partial charge on any atom is 0.255 e. The van der Waals surface area contributed by atoms with Crippen molar-refractivity contribution in [2.75, 3.05) is 31.4 Å². The molecule has 0 saturated carbocycles. The highest BCUT2D eigenvalue weighted by atomic mass is 16.5. The van der Waals surface area contributed by atoms with Gasteiger partial charge in [-0.1, -0.05) is 48.5 Å². The third-order valence-electron chi connectivity index (χ3n) is 5.87. The third-order valence-corrected chi connectivity index (χ3v) is 5.87. The summed E-state index contributed by atoms with van der Waals surface area (Å²) in [6, 6.07) is 21.7. The Labute approximate surface area is 203 Å². The lowest BCUT2D eigenvalue weighted by molar-refractivity contribution is -0.128. The normalized spacial score (nSPS) is 15.0. The van der Waals surface area contributed by atoms with E-state index in [1.807, 2.05) is 36.4 Å². The number of carbonyl (C=O) groups excluding carboxylic acids is 3. The number of carbonyl (C=O) groups is 3. The van der Waals surface area contributed by atoms with Crippen LogP contribution >= 0.6 is 0 Å². The zero-order valence-corrected chi connectivity index (χ0v) is 19.6. The SMILES string of the molecule is COc1cc(NC(=O)[C@@H]2CC(=O)N(Cc3ccccc3)C2)c(OC)cc1NC(=O)c1ccccc1. The van der Waals surface area contributed by atoms with E-state index in [1.165, 1.54) is 14.2 Å². The van der Waals surface area contributed by atoms with E-state index in [9.17, 15) is 14.4 Å². The van der Waals surface area contributed by atoms with Crippen molar-refractivity contribution >= 4 is 29.1 Å². The first-order chi connectivity index (χ1) is 17.0. The Morgan fingerprint density at radius 2 is 1.46 bits per heavy atom. The minimum absolute atomic E-state index is 0.0579. The maximum absolute atomic E-state index is 13.0. The number of methoxy groups -OCH3 is 2. The summed E-state index contributed by atoms with van der Waals surface area (Å²) in [7, 11) is 2.95. The Morgan fingerprint density at radius 3 is 2.06 bits per heavy atom. The summed E-state index contributed by atoms with van der Waals surface area (Å²) >= 11 is 0. The molecule has 1 fully saturated rings. The fraction of sp³-hybridized carbons (Fsp3) is 0.222. The van der Waals surface area contributed by atoms with Gasteiger partial charge >= 0.3 is 0 Å². The first-order valence-electron chi connectivity index (χ1n) is 11.2. The fourth-order valence-corrected chi connectivity index (χ4v) is 4.02. The van der Waals surface area contributed by atoms with Crippen LogP contribution in [-0.4, -0.2) is 43.4 Å². The van der Waals surface area contributed by atoms with E-state index in [1.54, 1.807) is 41.3 Å². The number of nitrogens with zero attached hydrogens (tertiary/aromatic N) is 1. The first kappa shape index (κ1) is 23.8. The fourth-order valence-electron chi connectivity index (χ4n) is 4.02. The van der Waals surface area contributed by atoms with Crippen LogP contribution in [0.3, 0.4) is 0 Å². The Bertz CT molecular complexity index is 1210. The quantitative estimate of drug-likeness (QED) is 0.517. The van der Waals surface area contributed by atoms with Gasteiger partial charge in [-0.25, -0.2) is 0 Å². The number of anilines is 2. The second-order valence-electron chi connectivity index (χ2n) is 8.22. The molecule has 3 aromatic rings. The Kier molecular flexibility index (Phi) is 7.30. The van der Waals surface area contributed by atoms with Crippen molar-refractivity contribution in [2.45, 2.75) is 13.0 Å². The molecule has 3 aromatic carbocycles. The molecule has 1 aliphatic rings. The van der Waals surface area contributed by atoms with E-state index in [2.05, 4.69) is 10.6 Å². The number of ether oxygens (including phenoxy) is 2. The zero-order valence-electron chi connectivity index (χ0n) is 19.6. The molecule has 8 heteroatoms. The highest BCUT2D eigenvalue weighted by Crippen LogP contribution is 2.37. The lowest BCUT2D eigenvalue weighted by Gasteiger charge is -2.18. The van der Waals surface area contributed by atoms with E-state index >= 15 is 0 Å². The zero-order chi connectivity index (χ0) is 24.8. The summed E-state index contributed by atoms with van der Waals surface area (Å²) in [5.41, 5.74) is 2.31. The van der Waals surface area contributed by atoms with E-state index in [0.29, 0.717) is 41.5 Å². The number of benzene rings is 3. The Balaban J connectivity index is 1.47. The standard InChI is InChI=1S/C27H27N3O5/c1-34-23-15-22(24(35-2)14-21(23)28-26(32)19-11-7-4-8-12-19)29-27(33)20-13-25(31)30(17-20)16-18-9-5-3-6-10-18/h3-12,14-15,20H,13,16-17H2,1-2H3,(H,28,32)(H,29,33)/t20-/m1/s1. The lowest BCUT2D eigenvalue weighted by Crippen LogP contribution is -2.28. The topological polar surface area (TPSA) is 97.0 Å². The van der Waals surface area contributed by atoms with Gasteiger partial charge in [0.25, 0.3) is 5.91 Å². The molecule has 0 radical (unpaired) electrons. The van der Waals surface area contributed by atoms with Gasteiger partial charge in [0.1, 0.15) is 11.5 Å². The van der Waals surface area contributed by atoms with Crippen LogP contribution in [0.4, 0.5) is 11.4 Å². The van der Waals surface area contributed by atoms with Crippen molar-refractivity contribution in [2.24, 2.45) is 5.92 Å². The van der Waals surface area contributed by atoms with Gasteiger partial charge < -0.3 is 25.0 Å². The molecule has 4 rings (SSSR count). The summed E-state index contributed by atoms with van der Waals surface area (Å²) < 4.78 is 10.9. The van der Waals surface area contributed by atoms with E-state index in [-0.39, 0.29) is 24.1 Å². The Morgan fingerprint density at radius 1 is 0.886 bits per heavy atom. The molecule has 35 heavy (non-hydrogen) atoms. The molecule has 180 valence electrons. The second kappa shape index (κ2) is 10.7. The number of hydrogen-bond donors (Lipinski definition) is 2. The average molecular weight is 474 g/mol. The van der Waals surface area contributed by atoms with Gasteiger partial charge in [0.2, 0.25) is 11.8 Å². The maximum atomic E-state index is 13.0. The lowest BCUT2D eigenvalue weighted by atomic mass is 10.1. The number of likely N-dealkylation sites (tertiary alicyclic amines) is 1. The number of nitrogens with one attached hydrogen (secondary N) is 2. The van der Waals surface area contributed by atoms with Gasteiger partial charge in [0, 0.05) is 37.2 Å². The van der Waals surface area contributed by atoms with Gasteiger partial charge in [0.15, 0.2) is 0 Å². The van der Waals surface area contributed by atoms with Crippen molar-refractivity contribution in [3.63, 3.8) is 0 Å². The molecule has 1 saturated heterocycles. The van der Waals surface area contributed by atoms with Crippen LogP contribution in [0, 0.1) is 5.92 Å². The van der Waals surface area contributed by atoms with E-state index < -0.39 is 5.92 Å². The van der Waals surface area contributed by atoms with Crippen molar-refractivity contribution in [3.8, 4) is 11.5 Å². The van der Waals surface area contributed by atoms with Gasteiger partial charge in [-0.05, 0) is 17.7 Å². The molecule has 0 aliphatic carbocycles. The monoisotopic (exact) mass is 473 g/mol. The van der Waals surface area contributed by atoms with Crippen LogP contribution in [0.2, 0.25) is 0 Å². The minimum Gasteiger partial charge on any atom is -0.494 e. The van der Waals surface area contributed by atoms with Crippen molar-refractivity contribution in [1.82, 2.24) is 4.90 Å². The largest absolute Gasteiger partial charge is 0.494 e. The molecule has 0 aromatic heterocycles. The van der Waals surface area contributed by atoms with Crippen LogP contribution in [0.5, 0.6) is 11.5 Å². The van der Waals surface area contributed by atoms with Crippen LogP contribution in [0.15, 0.2) is 72.8 Å². The molecule has 0 bridgehead atoms. The molecular weight excluding hydrogens is 446 g/mol. The summed E-state index contributed by atoms with van der Waals surface area (Å²) in [5, 5.41) is 5.67. The molecule has 2 N–H and O–H groups in total. The van der Waals surface area contributed by atoms with Crippen molar-refractivity contribution in [3.05, 3.63) is 83.9 Å². The molecule has 1 heterocycles. The molecule has 1 aliphatic heterocycles. The van der Waals surface area contributed by atoms with Crippen molar-refractivity contribution < 1.29 is 23.9 Å². The van der Waals surface area contributed by atoms with Gasteiger partial charge in [-0.2, -0.15) is 0 Å². The Hall–Kier alpha value is -4.33. The molecule has 0 spiro atoms. The molecular formula is C27H27N3O5. The van der Waals surface area contributed by atoms with Crippen LogP contribution in [-0.2, 0) is 16.1 Å². The average Bonchev–Trinajstić information content (AvgIpc) is 3.25. The smallest absolute Gasteiger partial charge is 0.255 e. The highest BCUT2D eigenvalue weighted by Gasteiger charge is 2.34. The molecule has 1 atom stereocenters. The third kappa shape index (κ3) is 5.60. The summed E-state index contributed by atoms with van der Waals surface area (Å²) in [5.74, 6) is -0.412. The highest BCUT2D eigenvalue weighted by molar-refractivity contribution is 6.06. The predicted octanol–water partition coefficient (Wildman–Crippen LogP) is 3.94. The van der Waals surface area contributed by atoms with Crippen LogP contribution in [0.1, 0.15) is 22.3 Å². The first-order valence-corrected chi connectivity index (χ1v) is 11.2. The van der Waals surface area contributed by atoms with Crippen LogP contribution in [0.25, 0.3) is 0 Å². The van der Waals surface area contributed by atoms with Crippen LogP contribution < -0.4 is 20.1 Å². The molecule has 0 unspecified atom stereocenters. The summed E-state index contributed by atoms with van der Waals surface area (Å²) in [4.78, 5) is 39.8. The molecule has 3 amide bonds. The minimum atomic E-state index is -0.487. The van der Waals surface area contributed by atoms with Crippen molar-refractivity contribution in [1.29, 1.82) is 0 Å². The molecule has 8 nitrogen and oxygen atoms in total.